The molecule has 0 spiro atoms. The average molecular weight is 546 g/mol. The standard InChI is InChI=1S/C28H24ClN5O3S/c1-18-5-7-19(8-6-18)26-24(33-23-10-9-21(29)16-25(23)38-28(33)30-26)17-31-11-13-32(14-12-31)27(35)20-3-2-4-22(15-20)34(36)37/h2-10,15-16H,11-14,17H2,1H3. The van der Waals surface area contributed by atoms with Crippen LogP contribution in [0.15, 0.2) is 66.7 Å². The van der Waals surface area contributed by atoms with Crippen LogP contribution in [-0.4, -0.2) is 56.2 Å². The quantitative estimate of drug-likeness (QED) is 0.198. The molecule has 2 aromatic heterocycles. The van der Waals surface area contributed by atoms with E-state index in [2.05, 4.69) is 40.5 Å². The van der Waals surface area contributed by atoms with Crippen molar-refractivity contribution in [1.29, 1.82) is 0 Å². The molecule has 6 rings (SSSR count). The minimum atomic E-state index is -0.477. The molecule has 0 saturated carbocycles. The smallest absolute Gasteiger partial charge is 0.270 e. The molecule has 1 aliphatic rings. The maximum atomic E-state index is 13.0. The van der Waals surface area contributed by atoms with Gasteiger partial charge in [-0.2, -0.15) is 0 Å². The Bertz CT molecular complexity index is 1690. The molecule has 38 heavy (non-hydrogen) atoms. The Labute approximate surface area is 227 Å². The van der Waals surface area contributed by atoms with E-state index in [0.29, 0.717) is 43.3 Å². The molecule has 0 atom stereocenters. The summed E-state index contributed by atoms with van der Waals surface area (Å²) in [6.07, 6.45) is 0. The number of piperazine rings is 1. The predicted octanol–water partition coefficient (Wildman–Crippen LogP) is 6.04. The summed E-state index contributed by atoms with van der Waals surface area (Å²) in [4.78, 5) is 33.8. The minimum Gasteiger partial charge on any atom is -0.336 e. The molecule has 0 radical (unpaired) electrons. The highest BCUT2D eigenvalue weighted by atomic mass is 35.5. The van der Waals surface area contributed by atoms with Crippen molar-refractivity contribution in [3.63, 3.8) is 0 Å². The molecule has 3 aromatic carbocycles. The summed E-state index contributed by atoms with van der Waals surface area (Å²) in [5.41, 5.74) is 5.68. The van der Waals surface area contributed by atoms with Crippen LogP contribution in [0.1, 0.15) is 21.6 Å². The van der Waals surface area contributed by atoms with Gasteiger partial charge in [0.2, 0.25) is 0 Å². The molecule has 192 valence electrons. The lowest BCUT2D eigenvalue weighted by Crippen LogP contribution is -2.48. The molecule has 10 heteroatoms. The van der Waals surface area contributed by atoms with Gasteiger partial charge in [-0.25, -0.2) is 4.98 Å². The van der Waals surface area contributed by atoms with Crippen molar-refractivity contribution in [2.45, 2.75) is 13.5 Å². The van der Waals surface area contributed by atoms with E-state index in [1.807, 2.05) is 18.2 Å². The van der Waals surface area contributed by atoms with Gasteiger partial charge >= 0.3 is 0 Å². The summed E-state index contributed by atoms with van der Waals surface area (Å²) in [7, 11) is 0. The van der Waals surface area contributed by atoms with Gasteiger partial charge in [0.05, 0.1) is 26.5 Å². The summed E-state index contributed by atoms with van der Waals surface area (Å²) in [6, 6.07) is 20.3. The number of nitro groups is 1. The van der Waals surface area contributed by atoms with Crippen molar-refractivity contribution in [3.8, 4) is 11.3 Å². The van der Waals surface area contributed by atoms with Gasteiger partial charge in [0, 0.05) is 61.0 Å². The lowest BCUT2D eigenvalue weighted by atomic mass is 10.1. The summed E-state index contributed by atoms with van der Waals surface area (Å²) in [5, 5.41) is 11.8. The number of non-ortho nitro benzene ring substituents is 1. The number of benzene rings is 3. The zero-order valence-corrected chi connectivity index (χ0v) is 22.2. The first-order valence-electron chi connectivity index (χ1n) is 12.3. The van der Waals surface area contributed by atoms with Crippen LogP contribution in [-0.2, 0) is 6.54 Å². The number of halogens is 1. The third kappa shape index (κ3) is 4.53. The largest absolute Gasteiger partial charge is 0.336 e. The van der Waals surface area contributed by atoms with E-state index in [0.717, 1.165) is 32.1 Å². The maximum Gasteiger partial charge on any atom is 0.270 e. The second kappa shape index (κ2) is 9.83. The minimum absolute atomic E-state index is 0.0767. The van der Waals surface area contributed by atoms with Crippen molar-refractivity contribution < 1.29 is 9.72 Å². The third-order valence-electron chi connectivity index (χ3n) is 6.97. The SMILES string of the molecule is Cc1ccc(-c2nc3sc4cc(Cl)ccc4n3c2CN2CCN(C(=O)c3cccc([N+](=O)[O-])c3)CC2)cc1. The second-order valence-corrected chi connectivity index (χ2v) is 10.9. The van der Waals surface area contributed by atoms with Crippen LogP contribution in [0.4, 0.5) is 5.69 Å². The summed E-state index contributed by atoms with van der Waals surface area (Å²) < 4.78 is 3.32. The number of nitro benzene ring substituents is 1. The molecule has 0 bridgehead atoms. The number of hydrogen-bond donors (Lipinski definition) is 0. The van der Waals surface area contributed by atoms with Crippen LogP contribution in [0.2, 0.25) is 5.02 Å². The lowest BCUT2D eigenvalue weighted by Gasteiger charge is -2.34. The number of amides is 1. The van der Waals surface area contributed by atoms with E-state index in [1.165, 1.54) is 17.7 Å². The van der Waals surface area contributed by atoms with Crippen molar-refractivity contribution in [2.24, 2.45) is 0 Å². The van der Waals surface area contributed by atoms with Crippen LogP contribution < -0.4 is 0 Å². The van der Waals surface area contributed by atoms with Crippen molar-refractivity contribution >= 4 is 49.7 Å². The highest BCUT2D eigenvalue weighted by Gasteiger charge is 2.26. The molecule has 1 amide bonds. The van der Waals surface area contributed by atoms with Gasteiger partial charge in [0.1, 0.15) is 0 Å². The zero-order valence-electron chi connectivity index (χ0n) is 20.6. The lowest BCUT2D eigenvalue weighted by molar-refractivity contribution is -0.384. The topological polar surface area (TPSA) is 84.0 Å². The number of fused-ring (bicyclic) bond motifs is 3. The van der Waals surface area contributed by atoms with Crippen LogP contribution in [0.25, 0.3) is 26.4 Å². The Hall–Kier alpha value is -3.79. The van der Waals surface area contributed by atoms with Gasteiger partial charge in [-0.15, -0.1) is 0 Å². The highest BCUT2D eigenvalue weighted by Crippen LogP contribution is 2.35. The Kier molecular flexibility index (Phi) is 6.35. The normalized spacial score (nSPS) is 14.4. The van der Waals surface area contributed by atoms with E-state index >= 15 is 0 Å². The Morgan fingerprint density at radius 1 is 1.05 bits per heavy atom. The third-order valence-corrected chi connectivity index (χ3v) is 8.21. The number of rotatable bonds is 5. The van der Waals surface area contributed by atoms with Crippen LogP contribution in [0, 0.1) is 17.0 Å². The van der Waals surface area contributed by atoms with Gasteiger partial charge in [0.15, 0.2) is 4.96 Å². The molecule has 3 heterocycles. The predicted molar refractivity (Wildman–Crippen MR) is 150 cm³/mol. The van der Waals surface area contributed by atoms with Gasteiger partial charge in [-0.05, 0) is 31.2 Å². The fourth-order valence-electron chi connectivity index (χ4n) is 4.95. The fourth-order valence-corrected chi connectivity index (χ4v) is 6.27. The number of carbonyl (C=O) groups excluding carboxylic acids is 1. The first-order chi connectivity index (χ1) is 18.4. The molecule has 8 nitrogen and oxygen atoms in total. The summed E-state index contributed by atoms with van der Waals surface area (Å²) in [5.74, 6) is -0.179. The molecular formula is C28H24ClN5O3S. The second-order valence-electron chi connectivity index (χ2n) is 9.48. The Morgan fingerprint density at radius 3 is 2.55 bits per heavy atom. The van der Waals surface area contributed by atoms with E-state index in [-0.39, 0.29) is 11.6 Å². The van der Waals surface area contributed by atoms with Crippen LogP contribution in [0.5, 0.6) is 0 Å². The number of carbonyl (C=O) groups is 1. The molecule has 0 N–H and O–H groups in total. The number of hydrogen-bond acceptors (Lipinski definition) is 6. The summed E-state index contributed by atoms with van der Waals surface area (Å²) >= 11 is 7.89. The van der Waals surface area contributed by atoms with Gasteiger partial charge < -0.3 is 4.90 Å². The number of aromatic nitrogens is 2. The van der Waals surface area contributed by atoms with Gasteiger partial charge in [-0.3, -0.25) is 24.2 Å². The van der Waals surface area contributed by atoms with E-state index < -0.39 is 4.92 Å². The zero-order chi connectivity index (χ0) is 26.4. The van der Waals surface area contributed by atoms with Gasteiger partial charge in [0.25, 0.3) is 11.6 Å². The molecule has 0 unspecified atom stereocenters. The molecule has 1 fully saturated rings. The molecule has 0 aliphatic carbocycles. The number of aryl methyl sites for hydroxylation is 1. The van der Waals surface area contributed by atoms with E-state index in [1.54, 1.807) is 28.4 Å². The van der Waals surface area contributed by atoms with E-state index in [4.69, 9.17) is 16.6 Å². The molecule has 1 aliphatic heterocycles. The van der Waals surface area contributed by atoms with Crippen molar-refractivity contribution in [1.82, 2.24) is 19.2 Å². The number of thiazole rings is 1. The van der Waals surface area contributed by atoms with E-state index in [9.17, 15) is 14.9 Å². The Morgan fingerprint density at radius 2 is 1.82 bits per heavy atom. The van der Waals surface area contributed by atoms with Crippen molar-refractivity contribution in [2.75, 3.05) is 26.2 Å². The molecular weight excluding hydrogens is 522 g/mol. The molecule has 5 aromatic rings. The summed E-state index contributed by atoms with van der Waals surface area (Å²) in [6.45, 7) is 5.22. The first kappa shape index (κ1) is 24.5. The van der Waals surface area contributed by atoms with Crippen molar-refractivity contribution in [3.05, 3.63) is 98.7 Å². The number of imidazole rings is 1. The first-order valence-corrected chi connectivity index (χ1v) is 13.5. The monoisotopic (exact) mass is 545 g/mol. The van der Waals surface area contributed by atoms with Gasteiger partial charge in [-0.1, -0.05) is 58.8 Å². The Balaban J connectivity index is 1.28. The molecule has 1 saturated heterocycles. The fraction of sp³-hybridized carbons (Fsp3) is 0.214. The maximum absolute atomic E-state index is 13.0. The number of nitrogens with zero attached hydrogens (tertiary/aromatic N) is 5. The highest BCUT2D eigenvalue weighted by molar-refractivity contribution is 7.23. The average Bonchev–Trinajstić information content (AvgIpc) is 3.45. The van der Waals surface area contributed by atoms with Crippen LogP contribution >= 0.6 is 22.9 Å². The van der Waals surface area contributed by atoms with Crippen LogP contribution in [0.3, 0.4) is 0 Å².